The van der Waals surface area contributed by atoms with Gasteiger partial charge in [0.25, 0.3) is 0 Å². The van der Waals surface area contributed by atoms with Crippen LogP contribution in [0.5, 0.6) is 0 Å². The highest BCUT2D eigenvalue weighted by Gasteiger charge is 2.07. The molecule has 1 N–H and O–H groups in total. The van der Waals surface area contributed by atoms with Gasteiger partial charge in [-0.2, -0.15) is 0 Å². The summed E-state index contributed by atoms with van der Waals surface area (Å²) in [6.45, 7) is 6.72. The number of hydrogen-bond acceptors (Lipinski definition) is 3. The summed E-state index contributed by atoms with van der Waals surface area (Å²) in [4.78, 5) is 0. The van der Waals surface area contributed by atoms with Gasteiger partial charge in [-0.15, -0.1) is 0 Å². The van der Waals surface area contributed by atoms with Gasteiger partial charge in [-0.05, 0) is 38.5 Å². The number of allylic oxidation sites excluding steroid dienone is 2. The lowest BCUT2D eigenvalue weighted by molar-refractivity contribution is -0.0437. The second-order valence-corrected chi connectivity index (χ2v) is 13.0. The molecular formula is C39H78O3. The van der Waals surface area contributed by atoms with Crippen molar-refractivity contribution in [3.05, 3.63) is 12.2 Å². The molecule has 3 nitrogen and oxygen atoms in total. The van der Waals surface area contributed by atoms with Gasteiger partial charge in [-0.1, -0.05) is 180 Å². The van der Waals surface area contributed by atoms with Crippen LogP contribution in [0.1, 0.15) is 206 Å². The minimum atomic E-state index is -0.154. The number of ether oxygens (including phenoxy) is 2. The first-order valence-corrected chi connectivity index (χ1v) is 19.3. The molecule has 3 heteroatoms. The topological polar surface area (TPSA) is 38.7 Å². The van der Waals surface area contributed by atoms with Crippen LogP contribution < -0.4 is 0 Å². The lowest BCUT2D eigenvalue weighted by Gasteiger charge is -2.15. The second kappa shape index (κ2) is 38.6. The molecule has 252 valence electrons. The first-order chi connectivity index (χ1) is 20.8. The lowest BCUT2D eigenvalue weighted by Crippen LogP contribution is -2.24. The van der Waals surface area contributed by atoms with Crippen molar-refractivity contribution in [3.8, 4) is 0 Å². The quantitative estimate of drug-likeness (QED) is 0.0574. The first kappa shape index (κ1) is 41.6. The monoisotopic (exact) mass is 595 g/mol. The van der Waals surface area contributed by atoms with E-state index in [1.165, 1.54) is 180 Å². The first-order valence-electron chi connectivity index (χ1n) is 19.3. The molecule has 0 fully saturated rings. The Morgan fingerprint density at radius 3 is 1.14 bits per heavy atom. The Morgan fingerprint density at radius 1 is 0.429 bits per heavy atom. The van der Waals surface area contributed by atoms with Gasteiger partial charge in [0.05, 0.1) is 13.2 Å². The molecular weight excluding hydrogens is 516 g/mol. The normalized spacial score (nSPS) is 12.5. The van der Waals surface area contributed by atoms with Gasteiger partial charge in [0.1, 0.15) is 6.10 Å². The number of rotatable bonds is 37. The fourth-order valence-electron chi connectivity index (χ4n) is 5.72. The third-order valence-corrected chi connectivity index (χ3v) is 8.66. The summed E-state index contributed by atoms with van der Waals surface area (Å²) < 4.78 is 11.6. The third-order valence-electron chi connectivity index (χ3n) is 8.66. The zero-order valence-electron chi connectivity index (χ0n) is 29.0. The average Bonchev–Trinajstić information content (AvgIpc) is 3.00. The van der Waals surface area contributed by atoms with E-state index in [1.807, 2.05) is 0 Å². The van der Waals surface area contributed by atoms with Crippen LogP contribution in [-0.2, 0) is 9.47 Å². The molecule has 1 atom stereocenters. The fraction of sp³-hybridized carbons (Fsp3) is 0.949. The van der Waals surface area contributed by atoms with E-state index in [0.717, 1.165) is 26.1 Å². The average molecular weight is 595 g/mol. The Hall–Kier alpha value is -0.380. The summed E-state index contributed by atoms with van der Waals surface area (Å²) in [5.41, 5.74) is 0. The van der Waals surface area contributed by atoms with E-state index in [9.17, 15) is 5.11 Å². The molecule has 42 heavy (non-hydrogen) atoms. The molecule has 0 bridgehead atoms. The second-order valence-electron chi connectivity index (χ2n) is 13.0. The Labute approximate surface area is 265 Å². The number of hydrogen-bond donors (Lipinski definition) is 1. The van der Waals surface area contributed by atoms with Crippen LogP contribution >= 0.6 is 0 Å². The maximum absolute atomic E-state index is 9.58. The standard InChI is InChI=1S/C39H78O3/c1-3-5-7-9-11-13-15-17-18-19-20-21-22-23-24-25-27-29-31-33-35-41-38-39(37-40)42-36-34-32-30-28-26-16-14-12-10-8-6-4-2/h17-18,39-40H,3-16,19-38H2,1-2H3/b18-17-. The highest BCUT2D eigenvalue weighted by Crippen LogP contribution is 2.14. The van der Waals surface area contributed by atoms with E-state index in [4.69, 9.17) is 9.47 Å². The predicted molar refractivity (Wildman–Crippen MR) is 187 cm³/mol. The summed E-state index contributed by atoms with van der Waals surface area (Å²) >= 11 is 0. The summed E-state index contributed by atoms with van der Waals surface area (Å²) in [6, 6.07) is 0. The van der Waals surface area contributed by atoms with Gasteiger partial charge in [-0.3, -0.25) is 0 Å². The SMILES string of the molecule is CCCCCCCC/C=C\CCCCCCCCCCCCOCC(CO)OCCCCCCCCCCCCCC. The highest BCUT2D eigenvalue weighted by molar-refractivity contribution is 4.81. The van der Waals surface area contributed by atoms with Crippen molar-refractivity contribution in [1.29, 1.82) is 0 Å². The Bertz CT molecular complexity index is 492. The molecule has 0 saturated carbocycles. The van der Waals surface area contributed by atoms with Crippen molar-refractivity contribution in [1.82, 2.24) is 0 Å². The van der Waals surface area contributed by atoms with E-state index >= 15 is 0 Å². The molecule has 0 aliphatic heterocycles. The molecule has 0 rings (SSSR count). The van der Waals surface area contributed by atoms with Gasteiger partial charge in [-0.25, -0.2) is 0 Å². The minimum Gasteiger partial charge on any atom is -0.394 e. The third kappa shape index (κ3) is 35.8. The van der Waals surface area contributed by atoms with Gasteiger partial charge >= 0.3 is 0 Å². The molecule has 0 radical (unpaired) electrons. The molecule has 0 aromatic rings. The largest absolute Gasteiger partial charge is 0.394 e. The van der Waals surface area contributed by atoms with E-state index in [-0.39, 0.29) is 12.7 Å². The summed E-state index contributed by atoms with van der Waals surface area (Å²) in [5.74, 6) is 0. The van der Waals surface area contributed by atoms with E-state index in [2.05, 4.69) is 26.0 Å². The predicted octanol–water partition coefficient (Wildman–Crippen LogP) is 12.7. The zero-order valence-corrected chi connectivity index (χ0v) is 29.0. The number of aliphatic hydroxyl groups is 1. The van der Waals surface area contributed by atoms with E-state index in [1.54, 1.807) is 0 Å². The smallest absolute Gasteiger partial charge is 0.104 e. The van der Waals surface area contributed by atoms with Crippen molar-refractivity contribution >= 4 is 0 Å². The molecule has 0 aromatic carbocycles. The van der Waals surface area contributed by atoms with Gasteiger partial charge in [0.2, 0.25) is 0 Å². The van der Waals surface area contributed by atoms with Crippen LogP contribution in [0.4, 0.5) is 0 Å². The lowest BCUT2D eigenvalue weighted by atomic mass is 10.1. The van der Waals surface area contributed by atoms with Gasteiger partial charge in [0.15, 0.2) is 0 Å². The van der Waals surface area contributed by atoms with E-state index < -0.39 is 0 Å². The molecule has 0 aliphatic carbocycles. The maximum atomic E-state index is 9.58. The van der Waals surface area contributed by atoms with Gasteiger partial charge < -0.3 is 14.6 Å². The highest BCUT2D eigenvalue weighted by atomic mass is 16.5. The van der Waals surface area contributed by atoms with Gasteiger partial charge in [0, 0.05) is 13.2 Å². The van der Waals surface area contributed by atoms with Crippen LogP contribution in [0.15, 0.2) is 12.2 Å². The van der Waals surface area contributed by atoms with Crippen molar-refractivity contribution in [2.45, 2.75) is 213 Å². The summed E-state index contributed by atoms with van der Waals surface area (Å²) in [7, 11) is 0. The van der Waals surface area contributed by atoms with Crippen molar-refractivity contribution < 1.29 is 14.6 Å². The van der Waals surface area contributed by atoms with E-state index in [0.29, 0.717) is 6.61 Å². The molecule has 0 aliphatic rings. The van der Waals surface area contributed by atoms with Crippen molar-refractivity contribution in [2.75, 3.05) is 26.4 Å². The number of aliphatic hydroxyl groups excluding tert-OH is 1. The van der Waals surface area contributed by atoms with Crippen LogP contribution in [0.3, 0.4) is 0 Å². The Morgan fingerprint density at radius 2 is 0.762 bits per heavy atom. The minimum absolute atomic E-state index is 0.0637. The number of unbranched alkanes of at least 4 members (excludes halogenated alkanes) is 27. The Balaban J connectivity index is 3.26. The summed E-state index contributed by atoms with van der Waals surface area (Å²) in [5, 5.41) is 9.58. The molecule has 0 saturated heterocycles. The molecule has 0 aromatic heterocycles. The van der Waals surface area contributed by atoms with Crippen LogP contribution in [-0.4, -0.2) is 37.6 Å². The Kier molecular flexibility index (Phi) is 38.3. The van der Waals surface area contributed by atoms with Crippen molar-refractivity contribution in [2.24, 2.45) is 0 Å². The fourth-order valence-corrected chi connectivity index (χ4v) is 5.72. The molecule has 0 spiro atoms. The van der Waals surface area contributed by atoms with Crippen LogP contribution in [0, 0.1) is 0 Å². The maximum Gasteiger partial charge on any atom is 0.104 e. The van der Waals surface area contributed by atoms with Crippen LogP contribution in [0.25, 0.3) is 0 Å². The molecule has 1 unspecified atom stereocenters. The van der Waals surface area contributed by atoms with Crippen molar-refractivity contribution in [3.63, 3.8) is 0 Å². The molecule has 0 heterocycles. The van der Waals surface area contributed by atoms with Crippen LogP contribution in [0.2, 0.25) is 0 Å². The summed E-state index contributed by atoms with van der Waals surface area (Å²) in [6.07, 6.45) is 45.4. The molecule has 0 amide bonds. The zero-order chi connectivity index (χ0) is 30.4.